The monoisotopic (exact) mass is 366 g/mol. The Morgan fingerprint density at radius 2 is 1.00 bits per heavy atom. The predicted molar refractivity (Wildman–Crippen MR) is 25.6 cm³/mol. The van der Waals surface area contributed by atoms with Gasteiger partial charge in [0.05, 0.1) is 0 Å². The van der Waals surface area contributed by atoms with E-state index >= 15 is 0 Å². The molecule has 5 heavy (non-hydrogen) atoms. The molecule has 0 saturated carbocycles. The summed E-state index contributed by atoms with van der Waals surface area (Å²) in [5.41, 5.74) is 0. The van der Waals surface area contributed by atoms with E-state index in [1.807, 2.05) is 0 Å². The molecule has 0 bridgehead atoms. The number of rotatable bonds is 0. The van der Waals surface area contributed by atoms with Crippen LogP contribution in [0.1, 0.15) is 0 Å². The minimum Gasteiger partial charge on any atom is -0.0125 e. The van der Waals surface area contributed by atoms with Gasteiger partial charge in [-0.25, -0.2) is 0 Å². The molecule has 4 radical (unpaired) electrons. The second-order valence-electron chi connectivity index (χ2n) is 0. The standard InChI is InChI=1S/B.Bi.H3Si.Ti.Zn.3H/h;;1H3;;;;;. The van der Waals surface area contributed by atoms with Gasteiger partial charge in [-0.3, -0.25) is 0 Å². The Kier molecular flexibility index (Phi) is 318. The molecule has 0 aromatic carbocycles. The fraction of sp³-hybridized carbons (Fsp3) is 0. The van der Waals surface area contributed by atoms with Crippen LogP contribution in [0, 0.1) is 0 Å². The van der Waals surface area contributed by atoms with E-state index in [1.165, 1.54) is 0 Å². The molecule has 0 rings (SSSR count). The molecule has 24 valence electrons. The van der Waals surface area contributed by atoms with E-state index in [9.17, 15) is 0 Å². The van der Waals surface area contributed by atoms with Gasteiger partial charge in [0.1, 0.15) is 0 Å². The summed E-state index contributed by atoms with van der Waals surface area (Å²) in [6, 6.07) is 0. The molecule has 0 aliphatic rings. The third-order valence-corrected chi connectivity index (χ3v) is 0. The van der Waals surface area contributed by atoms with E-state index in [-0.39, 0.29) is 86.8 Å². The second-order valence-corrected chi connectivity index (χ2v) is 0. The van der Waals surface area contributed by atoms with Gasteiger partial charge in [0, 0.05) is 49.6 Å². The molecule has 0 nitrogen and oxygen atoms in total. The average Bonchev–Trinajstić information content (AvgIpc) is 0. The topological polar surface area (TPSA) is 0 Å². The van der Waals surface area contributed by atoms with Crippen LogP contribution in [0.3, 0.4) is 0 Å². The van der Waals surface area contributed by atoms with Crippen molar-refractivity contribution >= 4 is 45.6 Å². The van der Waals surface area contributed by atoms with Gasteiger partial charge in [-0.1, -0.05) is 0 Å². The summed E-state index contributed by atoms with van der Waals surface area (Å²) < 4.78 is 0. The van der Waals surface area contributed by atoms with Crippen molar-refractivity contribution in [3.05, 3.63) is 0 Å². The fourth-order valence-corrected chi connectivity index (χ4v) is 0. The number of hydrogen-bond donors (Lipinski definition) is 0. The fourth-order valence-electron chi connectivity index (χ4n) is 0. The molecule has 0 saturated heterocycles. The molecular weight excluding hydrogens is 361 g/mol. The average molecular weight is 367 g/mol. The maximum atomic E-state index is 0. The van der Waals surface area contributed by atoms with E-state index in [2.05, 4.69) is 0 Å². The maximum absolute atomic E-state index is 0. The van der Waals surface area contributed by atoms with Gasteiger partial charge in [0.15, 0.2) is 0 Å². The molecular formula is H6BBiSiTiZn. The van der Waals surface area contributed by atoms with Crippen LogP contribution in [-0.4, -0.2) is 45.6 Å². The quantitative estimate of drug-likeness (QED) is 0.408. The first-order chi connectivity index (χ1) is 0. The van der Waals surface area contributed by atoms with Gasteiger partial charge < -0.3 is 0 Å². The van der Waals surface area contributed by atoms with E-state index in [1.54, 1.807) is 0 Å². The Bertz CT molecular complexity index is 11.6. The molecule has 0 aromatic heterocycles. The van der Waals surface area contributed by atoms with Crippen molar-refractivity contribution in [2.24, 2.45) is 0 Å². The first kappa shape index (κ1) is 50.7. The largest absolute Gasteiger partial charge is 0.0125 e. The molecule has 0 N–H and O–H groups in total. The Morgan fingerprint density at radius 1 is 1.00 bits per heavy atom. The molecule has 0 amide bonds. The molecule has 0 atom stereocenters. The third-order valence-electron chi connectivity index (χ3n) is 0. The summed E-state index contributed by atoms with van der Waals surface area (Å²) in [4.78, 5) is 0. The van der Waals surface area contributed by atoms with Gasteiger partial charge in [0.25, 0.3) is 0 Å². The van der Waals surface area contributed by atoms with Crippen LogP contribution in [0.2, 0.25) is 0 Å². The van der Waals surface area contributed by atoms with Crippen molar-refractivity contribution in [1.29, 1.82) is 0 Å². The van der Waals surface area contributed by atoms with Crippen molar-refractivity contribution in [2.45, 2.75) is 0 Å². The van der Waals surface area contributed by atoms with Crippen LogP contribution in [0.15, 0.2) is 0 Å². The summed E-state index contributed by atoms with van der Waals surface area (Å²) in [7, 11) is 0. The molecule has 0 spiro atoms. The van der Waals surface area contributed by atoms with Crippen molar-refractivity contribution in [3.8, 4) is 0 Å². The molecule has 0 unspecified atom stereocenters. The maximum Gasteiger partial charge on any atom is 0 e. The van der Waals surface area contributed by atoms with Crippen molar-refractivity contribution < 1.29 is 41.2 Å². The van der Waals surface area contributed by atoms with Gasteiger partial charge in [-0.15, -0.1) is 0 Å². The summed E-state index contributed by atoms with van der Waals surface area (Å²) >= 11 is 0. The summed E-state index contributed by atoms with van der Waals surface area (Å²) in [6.45, 7) is 0. The molecule has 5 heteroatoms. The first-order valence-electron chi connectivity index (χ1n) is 0. The summed E-state index contributed by atoms with van der Waals surface area (Å²) in [5.74, 6) is 0. The Hall–Kier alpha value is 2.50. The molecule has 0 aliphatic heterocycles. The molecule has 0 aromatic rings. The van der Waals surface area contributed by atoms with Crippen molar-refractivity contribution in [2.75, 3.05) is 0 Å². The third kappa shape index (κ3) is 21.0. The zero-order chi connectivity index (χ0) is 0. The van der Waals surface area contributed by atoms with Gasteiger partial charge in [-0.05, 0) is 11.0 Å². The molecule has 0 aliphatic carbocycles. The zero-order valence-corrected chi connectivity index (χ0v) is 15.5. The van der Waals surface area contributed by atoms with E-state index in [4.69, 9.17) is 0 Å². The zero-order valence-electron chi connectivity index (χ0n) is 3.49. The Labute approximate surface area is 85.6 Å². The van der Waals surface area contributed by atoms with Crippen LogP contribution in [0.25, 0.3) is 0 Å². The SMILES string of the molecule is [B].[BiH3].[SiH3].[Ti].[Zn]. The van der Waals surface area contributed by atoms with E-state index < -0.39 is 0 Å². The van der Waals surface area contributed by atoms with Crippen LogP contribution < -0.4 is 0 Å². The van der Waals surface area contributed by atoms with Crippen molar-refractivity contribution in [1.82, 2.24) is 0 Å². The van der Waals surface area contributed by atoms with Crippen LogP contribution in [0.4, 0.5) is 0 Å². The summed E-state index contributed by atoms with van der Waals surface area (Å²) in [5, 5.41) is 0. The van der Waals surface area contributed by atoms with Crippen LogP contribution in [0.5, 0.6) is 0 Å². The van der Waals surface area contributed by atoms with Crippen LogP contribution in [-0.2, 0) is 41.2 Å². The first-order valence-corrected chi connectivity index (χ1v) is 0. The Balaban J connectivity index is 0. The number of hydrogen-bond acceptors (Lipinski definition) is 0. The summed E-state index contributed by atoms with van der Waals surface area (Å²) in [6.07, 6.45) is 0. The van der Waals surface area contributed by atoms with E-state index in [0.717, 1.165) is 0 Å². The second kappa shape index (κ2) is 31.4. The molecule has 0 heterocycles. The molecule has 0 fully saturated rings. The van der Waals surface area contributed by atoms with Gasteiger partial charge in [0.2, 0.25) is 0 Å². The smallest absolute Gasteiger partial charge is 0 e. The van der Waals surface area contributed by atoms with Crippen molar-refractivity contribution in [3.63, 3.8) is 0 Å². The van der Waals surface area contributed by atoms with Gasteiger partial charge in [-0.2, -0.15) is 0 Å². The minimum absolute atomic E-state index is 0. The minimum atomic E-state index is 0. The predicted octanol–water partition coefficient (Wildman–Crippen LogP) is -2.75. The Morgan fingerprint density at radius 3 is 1.00 bits per heavy atom. The van der Waals surface area contributed by atoms with E-state index in [0.29, 0.717) is 0 Å². The van der Waals surface area contributed by atoms with Gasteiger partial charge >= 0.3 is 26.2 Å². The van der Waals surface area contributed by atoms with Crippen LogP contribution >= 0.6 is 0 Å². The normalized spacial score (nSPS) is 0.